The van der Waals surface area contributed by atoms with Crippen LogP contribution in [-0.2, 0) is 15.0 Å². The Bertz CT molecular complexity index is 375. The van der Waals surface area contributed by atoms with E-state index in [0.29, 0.717) is 0 Å². The van der Waals surface area contributed by atoms with Crippen LogP contribution in [0.25, 0.3) is 0 Å². The lowest BCUT2D eigenvalue weighted by Gasteiger charge is -2.31. The molecule has 0 aromatic rings. The van der Waals surface area contributed by atoms with Crippen LogP contribution in [0, 0.1) is 0 Å². The van der Waals surface area contributed by atoms with Crippen molar-refractivity contribution in [1.82, 2.24) is 9.03 Å². The highest BCUT2D eigenvalue weighted by atomic mass is 32.2. The number of hydrogen-bond donors (Lipinski definition) is 2. The summed E-state index contributed by atoms with van der Waals surface area (Å²) < 4.78 is 26.9. The molecule has 1 aliphatic heterocycles. The van der Waals surface area contributed by atoms with Crippen LogP contribution in [0.2, 0.25) is 0 Å². The fourth-order valence-electron chi connectivity index (χ4n) is 2.50. The molecular formula is C9H16N2O4S. The molecule has 0 amide bonds. The summed E-state index contributed by atoms with van der Waals surface area (Å²) in [5.74, 6) is -1.07. The largest absolute Gasteiger partial charge is 0.480 e. The second-order valence-corrected chi connectivity index (χ2v) is 5.99. The molecule has 1 heterocycles. The minimum absolute atomic E-state index is 0.0197. The van der Waals surface area contributed by atoms with Gasteiger partial charge in [0.05, 0.1) is 0 Å². The molecule has 0 spiro atoms. The molecular weight excluding hydrogens is 232 g/mol. The van der Waals surface area contributed by atoms with Gasteiger partial charge in [-0.2, -0.15) is 17.4 Å². The summed E-state index contributed by atoms with van der Waals surface area (Å²) >= 11 is 0. The first-order valence-electron chi connectivity index (χ1n) is 5.53. The van der Waals surface area contributed by atoms with Crippen LogP contribution in [0.15, 0.2) is 0 Å². The average molecular weight is 248 g/mol. The number of carbonyl (C=O) groups is 1. The van der Waals surface area contributed by atoms with Gasteiger partial charge in [0.1, 0.15) is 6.04 Å². The molecule has 16 heavy (non-hydrogen) atoms. The van der Waals surface area contributed by atoms with Crippen LogP contribution in [0.5, 0.6) is 0 Å². The minimum Gasteiger partial charge on any atom is -0.480 e. The molecule has 0 aromatic heterocycles. The number of carboxylic acid groups (broad SMARTS) is 1. The molecule has 2 aliphatic rings. The summed E-state index contributed by atoms with van der Waals surface area (Å²) in [6.45, 7) is -0.0197. The van der Waals surface area contributed by atoms with Gasteiger partial charge in [-0.15, -0.1) is 0 Å². The van der Waals surface area contributed by atoms with Crippen LogP contribution < -0.4 is 4.72 Å². The van der Waals surface area contributed by atoms with E-state index in [1.165, 1.54) is 0 Å². The van der Waals surface area contributed by atoms with Gasteiger partial charge in [0.25, 0.3) is 10.2 Å². The Kier molecular flexibility index (Phi) is 3.18. The Balaban J connectivity index is 2.22. The molecule has 7 heteroatoms. The summed E-state index contributed by atoms with van der Waals surface area (Å²) in [5, 5.41) is 9.00. The maximum atomic E-state index is 11.7. The third kappa shape index (κ3) is 2.07. The first-order chi connectivity index (χ1) is 7.52. The predicted molar refractivity (Wildman–Crippen MR) is 57.1 cm³/mol. The standard InChI is InChI=1S/C9H16N2O4S/c12-9(13)8-6-10-16(14,15)11(8)7-4-2-1-3-5-7/h7-8,10H,1-6H2,(H,12,13). The third-order valence-electron chi connectivity index (χ3n) is 3.26. The highest BCUT2D eigenvalue weighted by Crippen LogP contribution is 2.28. The second kappa shape index (κ2) is 4.31. The van der Waals surface area contributed by atoms with Gasteiger partial charge in [0.15, 0.2) is 0 Å². The third-order valence-corrected chi connectivity index (χ3v) is 4.90. The van der Waals surface area contributed by atoms with Gasteiger partial charge >= 0.3 is 5.97 Å². The topological polar surface area (TPSA) is 86.7 Å². The predicted octanol–water partition coefficient (Wildman–Crippen LogP) is -0.0777. The number of hydrogen-bond acceptors (Lipinski definition) is 3. The van der Waals surface area contributed by atoms with Crippen molar-refractivity contribution in [2.75, 3.05) is 6.54 Å². The highest BCUT2D eigenvalue weighted by molar-refractivity contribution is 7.87. The molecule has 0 bridgehead atoms. The van der Waals surface area contributed by atoms with Gasteiger partial charge in [-0.05, 0) is 12.8 Å². The number of aliphatic carboxylic acids is 1. The molecule has 0 aromatic carbocycles. The molecule has 6 nitrogen and oxygen atoms in total. The lowest BCUT2D eigenvalue weighted by atomic mass is 9.95. The van der Waals surface area contributed by atoms with Crippen molar-refractivity contribution in [2.24, 2.45) is 0 Å². The van der Waals surface area contributed by atoms with E-state index < -0.39 is 22.2 Å². The van der Waals surface area contributed by atoms with Crippen molar-refractivity contribution >= 4 is 16.2 Å². The molecule has 2 fully saturated rings. The lowest BCUT2D eigenvalue weighted by Crippen LogP contribution is -2.47. The van der Waals surface area contributed by atoms with Gasteiger partial charge in [-0.1, -0.05) is 19.3 Å². The van der Waals surface area contributed by atoms with E-state index in [-0.39, 0.29) is 12.6 Å². The summed E-state index contributed by atoms with van der Waals surface area (Å²) in [5.41, 5.74) is 0. The molecule has 2 rings (SSSR count). The Labute approximate surface area is 94.8 Å². The van der Waals surface area contributed by atoms with E-state index in [1.54, 1.807) is 0 Å². The molecule has 2 N–H and O–H groups in total. The van der Waals surface area contributed by atoms with Gasteiger partial charge in [-0.25, -0.2) is 0 Å². The Morgan fingerprint density at radius 3 is 2.44 bits per heavy atom. The minimum atomic E-state index is -3.58. The average Bonchev–Trinajstić information content (AvgIpc) is 2.55. The Hall–Kier alpha value is -0.660. The molecule has 1 saturated heterocycles. The van der Waals surface area contributed by atoms with Crippen LogP contribution >= 0.6 is 0 Å². The SMILES string of the molecule is O=C(O)C1CNS(=O)(=O)N1C1CCCCC1. The summed E-state index contributed by atoms with van der Waals surface area (Å²) in [6.07, 6.45) is 4.59. The van der Waals surface area contributed by atoms with E-state index in [2.05, 4.69) is 4.72 Å². The maximum absolute atomic E-state index is 11.7. The van der Waals surface area contributed by atoms with Crippen LogP contribution in [0.3, 0.4) is 0 Å². The zero-order chi connectivity index (χ0) is 11.8. The van der Waals surface area contributed by atoms with Gasteiger partial charge in [-0.3, -0.25) is 4.79 Å². The van der Waals surface area contributed by atoms with Gasteiger partial charge in [0, 0.05) is 12.6 Å². The van der Waals surface area contributed by atoms with Crippen molar-refractivity contribution in [3.05, 3.63) is 0 Å². The molecule has 1 unspecified atom stereocenters. The van der Waals surface area contributed by atoms with Crippen LogP contribution in [0.4, 0.5) is 0 Å². The van der Waals surface area contributed by atoms with Crippen molar-refractivity contribution in [1.29, 1.82) is 0 Å². The summed E-state index contributed by atoms with van der Waals surface area (Å²) in [7, 11) is -3.58. The quantitative estimate of drug-likeness (QED) is 0.715. The number of nitrogens with zero attached hydrogens (tertiary/aromatic N) is 1. The highest BCUT2D eigenvalue weighted by Gasteiger charge is 2.45. The maximum Gasteiger partial charge on any atom is 0.323 e. The number of rotatable bonds is 2. The molecule has 92 valence electrons. The zero-order valence-corrected chi connectivity index (χ0v) is 9.74. The number of nitrogens with one attached hydrogen (secondary N) is 1. The number of carboxylic acids is 1. The van der Waals surface area contributed by atoms with E-state index >= 15 is 0 Å². The van der Waals surface area contributed by atoms with Crippen LogP contribution in [0.1, 0.15) is 32.1 Å². The van der Waals surface area contributed by atoms with Crippen molar-refractivity contribution < 1.29 is 18.3 Å². The summed E-state index contributed by atoms with van der Waals surface area (Å²) in [6, 6.07) is -1.08. The van der Waals surface area contributed by atoms with Crippen molar-refractivity contribution in [3.63, 3.8) is 0 Å². The van der Waals surface area contributed by atoms with E-state index in [9.17, 15) is 13.2 Å². The van der Waals surface area contributed by atoms with E-state index in [0.717, 1.165) is 36.4 Å². The monoisotopic (exact) mass is 248 g/mol. The van der Waals surface area contributed by atoms with Crippen molar-refractivity contribution in [3.8, 4) is 0 Å². The molecule has 1 atom stereocenters. The normalized spacial score (nSPS) is 31.6. The molecule has 0 radical (unpaired) electrons. The first-order valence-corrected chi connectivity index (χ1v) is 6.97. The molecule has 1 saturated carbocycles. The fourth-order valence-corrected chi connectivity index (χ4v) is 4.12. The Morgan fingerprint density at radius 1 is 1.25 bits per heavy atom. The van der Waals surface area contributed by atoms with Gasteiger partial charge in [0.2, 0.25) is 0 Å². The van der Waals surface area contributed by atoms with Gasteiger partial charge < -0.3 is 5.11 Å². The second-order valence-electron chi connectivity index (χ2n) is 4.33. The van der Waals surface area contributed by atoms with Crippen LogP contribution in [-0.4, -0.2) is 42.4 Å². The van der Waals surface area contributed by atoms with E-state index in [1.807, 2.05) is 0 Å². The summed E-state index contributed by atoms with van der Waals surface area (Å²) in [4.78, 5) is 11.0. The lowest BCUT2D eigenvalue weighted by molar-refractivity contribution is -0.141. The van der Waals surface area contributed by atoms with E-state index in [4.69, 9.17) is 5.11 Å². The first kappa shape index (κ1) is 11.8. The Morgan fingerprint density at radius 2 is 1.88 bits per heavy atom. The van der Waals surface area contributed by atoms with Crippen molar-refractivity contribution in [2.45, 2.75) is 44.2 Å². The smallest absolute Gasteiger partial charge is 0.323 e. The fraction of sp³-hybridized carbons (Fsp3) is 0.889. The zero-order valence-electron chi connectivity index (χ0n) is 8.92. The molecule has 1 aliphatic carbocycles.